The zero-order valence-electron chi connectivity index (χ0n) is 13.2. The molecule has 1 saturated heterocycles. The molecule has 1 fully saturated rings. The van der Waals surface area contributed by atoms with Crippen molar-refractivity contribution in [2.24, 2.45) is 0 Å². The fraction of sp³-hybridized carbons (Fsp3) is 0.529. The summed E-state index contributed by atoms with van der Waals surface area (Å²) >= 11 is 0. The smallest absolute Gasteiger partial charge is 0.161 e. The van der Waals surface area contributed by atoms with E-state index in [2.05, 4.69) is 36.7 Å². The van der Waals surface area contributed by atoms with E-state index in [0.29, 0.717) is 24.3 Å². The van der Waals surface area contributed by atoms with E-state index in [0.717, 1.165) is 25.2 Å². The molecule has 0 radical (unpaired) electrons. The highest BCUT2D eigenvalue weighted by molar-refractivity contribution is 5.49. The van der Waals surface area contributed by atoms with Gasteiger partial charge in [0.25, 0.3) is 0 Å². The molecule has 116 valence electrons. The maximum Gasteiger partial charge on any atom is 0.161 e. The highest BCUT2D eigenvalue weighted by Gasteiger charge is 2.23. The van der Waals surface area contributed by atoms with Crippen molar-refractivity contribution < 1.29 is 9.84 Å². The van der Waals surface area contributed by atoms with Gasteiger partial charge in [-0.3, -0.25) is 4.90 Å². The van der Waals surface area contributed by atoms with E-state index in [1.807, 2.05) is 6.07 Å². The fourth-order valence-corrected chi connectivity index (χ4v) is 2.84. The van der Waals surface area contributed by atoms with Crippen LogP contribution in [0.2, 0.25) is 0 Å². The van der Waals surface area contributed by atoms with Crippen molar-refractivity contribution in [2.75, 3.05) is 20.2 Å². The molecule has 0 saturated carbocycles. The van der Waals surface area contributed by atoms with Crippen molar-refractivity contribution in [3.63, 3.8) is 0 Å². The van der Waals surface area contributed by atoms with Gasteiger partial charge in [-0.25, -0.2) is 0 Å². The van der Waals surface area contributed by atoms with Crippen molar-refractivity contribution in [2.45, 2.75) is 38.9 Å². The Labute approximate surface area is 127 Å². The van der Waals surface area contributed by atoms with Gasteiger partial charge in [0.2, 0.25) is 0 Å². The number of nitrogens with zero attached hydrogens (tertiary/aromatic N) is 1. The Kier molecular flexibility index (Phi) is 5.26. The third-order valence-electron chi connectivity index (χ3n) is 4.08. The average molecular weight is 290 g/mol. The van der Waals surface area contributed by atoms with E-state index in [1.165, 1.54) is 5.56 Å². The molecular formula is C17H26N2O2. The number of hydrogen-bond acceptors (Lipinski definition) is 4. The van der Waals surface area contributed by atoms with Crippen LogP contribution in [0.3, 0.4) is 0 Å². The second kappa shape index (κ2) is 6.96. The first-order valence-corrected chi connectivity index (χ1v) is 7.52. The molecule has 4 heteroatoms. The number of piperazine rings is 1. The van der Waals surface area contributed by atoms with Crippen LogP contribution in [0.25, 0.3) is 0 Å². The zero-order valence-corrected chi connectivity index (χ0v) is 13.2. The largest absolute Gasteiger partial charge is 0.504 e. The normalized spacial score (nSPS) is 23.0. The van der Waals surface area contributed by atoms with E-state index in [9.17, 15) is 5.11 Å². The second-order valence-corrected chi connectivity index (χ2v) is 5.89. The number of phenolic OH excluding ortho intramolecular Hbond substituents is 1. The first kappa shape index (κ1) is 15.9. The van der Waals surface area contributed by atoms with Gasteiger partial charge in [-0.1, -0.05) is 12.1 Å². The average Bonchev–Trinajstić information content (AvgIpc) is 2.46. The number of nitrogens with one attached hydrogen (secondary N) is 1. The Bertz CT molecular complexity index is 502. The summed E-state index contributed by atoms with van der Waals surface area (Å²) in [6.07, 6.45) is 2.44. The number of phenols is 1. The molecule has 0 spiro atoms. The Balaban J connectivity index is 2.22. The lowest BCUT2D eigenvalue weighted by Gasteiger charge is -2.37. The maximum absolute atomic E-state index is 10.1. The second-order valence-electron chi connectivity index (χ2n) is 5.89. The first-order chi connectivity index (χ1) is 10.0. The van der Waals surface area contributed by atoms with Crippen molar-refractivity contribution in [1.82, 2.24) is 10.2 Å². The fourth-order valence-electron chi connectivity index (χ4n) is 2.84. The first-order valence-electron chi connectivity index (χ1n) is 7.52. The molecule has 4 nitrogen and oxygen atoms in total. The van der Waals surface area contributed by atoms with Gasteiger partial charge in [0.15, 0.2) is 11.5 Å². The molecule has 2 rings (SSSR count). The summed E-state index contributed by atoms with van der Waals surface area (Å²) in [7, 11) is 1.59. The molecule has 2 atom stereocenters. The molecule has 0 bridgehead atoms. The molecule has 1 aromatic rings. The highest BCUT2D eigenvalue weighted by Crippen LogP contribution is 2.32. The Morgan fingerprint density at radius 1 is 1.48 bits per heavy atom. The molecule has 0 aliphatic carbocycles. The Morgan fingerprint density at radius 2 is 2.24 bits per heavy atom. The van der Waals surface area contributed by atoms with E-state index in [4.69, 9.17) is 4.74 Å². The summed E-state index contributed by atoms with van der Waals surface area (Å²) in [5.41, 5.74) is 2.04. The molecule has 2 unspecified atom stereocenters. The van der Waals surface area contributed by atoms with Crippen molar-refractivity contribution in [3.05, 3.63) is 35.9 Å². The molecule has 0 amide bonds. The summed E-state index contributed by atoms with van der Waals surface area (Å²) in [4.78, 5) is 2.46. The van der Waals surface area contributed by atoms with Crippen molar-refractivity contribution >= 4 is 0 Å². The zero-order chi connectivity index (χ0) is 15.4. The van der Waals surface area contributed by atoms with E-state index in [1.54, 1.807) is 13.2 Å². The van der Waals surface area contributed by atoms with Crippen LogP contribution >= 0.6 is 0 Å². The minimum atomic E-state index is 0.225. The van der Waals surface area contributed by atoms with Gasteiger partial charge in [0.05, 0.1) is 7.11 Å². The van der Waals surface area contributed by atoms with Gasteiger partial charge in [0.1, 0.15) is 0 Å². The van der Waals surface area contributed by atoms with Crippen LogP contribution in [0.4, 0.5) is 0 Å². The van der Waals surface area contributed by atoms with E-state index in [-0.39, 0.29) is 5.75 Å². The minimum Gasteiger partial charge on any atom is -0.504 e. The van der Waals surface area contributed by atoms with Crippen molar-refractivity contribution in [3.8, 4) is 11.5 Å². The van der Waals surface area contributed by atoms with Gasteiger partial charge in [-0.15, -0.1) is 6.58 Å². The number of ether oxygens (including phenoxy) is 1. The number of benzene rings is 1. The predicted octanol–water partition coefficient (Wildman–Crippen LogP) is 2.31. The quantitative estimate of drug-likeness (QED) is 0.817. The molecular weight excluding hydrogens is 264 g/mol. The Morgan fingerprint density at radius 3 is 2.90 bits per heavy atom. The van der Waals surface area contributed by atoms with Crippen LogP contribution in [0, 0.1) is 0 Å². The summed E-state index contributed by atoms with van der Waals surface area (Å²) in [6, 6.07) is 5.00. The van der Waals surface area contributed by atoms with Gasteiger partial charge in [0, 0.05) is 37.3 Å². The summed E-state index contributed by atoms with van der Waals surface area (Å²) < 4.78 is 5.29. The molecule has 1 aliphatic heterocycles. The number of rotatable bonds is 5. The number of aromatic hydroxyl groups is 1. The van der Waals surface area contributed by atoms with Gasteiger partial charge in [-0.2, -0.15) is 0 Å². The molecule has 1 aromatic carbocycles. The van der Waals surface area contributed by atoms with Gasteiger partial charge in [-0.05, 0) is 31.9 Å². The number of hydrogen-bond donors (Lipinski definition) is 2. The van der Waals surface area contributed by atoms with Crippen LogP contribution in [-0.4, -0.2) is 42.3 Å². The molecule has 0 aromatic heterocycles. The standard InChI is InChI=1S/C17H26N2O2/c1-5-6-15-7-14(8-16(21-4)17(15)20)11-19-10-12(2)18-9-13(19)3/h5,7-8,12-13,18,20H,1,6,9-11H2,2-4H3. The minimum absolute atomic E-state index is 0.225. The lowest BCUT2D eigenvalue weighted by Crippen LogP contribution is -2.53. The maximum atomic E-state index is 10.1. The summed E-state index contributed by atoms with van der Waals surface area (Å²) in [5, 5.41) is 13.6. The molecule has 1 heterocycles. The van der Waals surface area contributed by atoms with Crippen LogP contribution < -0.4 is 10.1 Å². The molecule has 21 heavy (non-hydrogen) atoms. The SMILES string of the molecule is C=CCc1cc(CN2CC(C)NCC2C)cc(OC)c1O. The third kappa shape index (κ3) is 3.77. The van der Waals surface area contributed by atoms with Crippen LogP contribution in [0.15, 0.2) is 24.8 Å². The Hall–Kier alpha value is -1.52. The monoisotopic (exact) mass is 290 g/mol. The van der Waals surface area contributed by atoms with E-state index >= 15 is 0 Å². The van der Waals surface area contributed by atoms with Gasteiger partial charge >= 0.3 is 0 Å². The third-order valence-corrected chi connectivity index (χ3v) is 4.08. The van der Waals surface area contributed by atoms with Crippen LogP contribution in [0.1, 0.15) is 25.0 Å². The summed E-state index contributed by atoms with van der Waals surface area (Å²) in [6.45, 7) is 11.1. The van der Waals surface area contributed by atoms with Crippen LogP contribution in [-0.2, 0) is 13.0 Å². The number of methoxy groups -OCH3 is 1. The number of allylic oxidation sites excluding steroid dienone is 1. The van der Waals surface area contributed by atoms with E-state index < -0.39 is 0 Å². The van der Waals surface area contributed by atoms with Crippen molar-refractivity contribution in [1.29, 1.82) is 0 Å². The highest BCUT2D eigenvalue weighted by atomic mass is 16.5. The summed E-state index contributed by atoms with van der Waals surface area (Å²) in [5.74, 6) is 0.767. The predicted molar refractivity (Wildman–Crippen MR) is 85.9 cm³/mol. The lowest BCUT2D eigenvalue weighted by molar-refractivity contribution is 0.138. The molecule has 2 N–H and O–H groups in total. The van der Waals surface area contributed by atoms with Crippen LogP contribution in [0.5, 0.6) is 11.5 Å². The van der Waals surface area contributed by atoms with Gasteiger partial charge < -0.3 is 15.2 Å². The topological polar surface area (TPSA) is 44.7 Å². The molecule has 1 aliphatic rings. The lowest BCUT2D eigenvalue weighted by atomic mass is 10.0.